The fourth-order valence-electron chi connectivity index (χ4n) is 2.09. The Bertz CT molecular complexity index is 879. The van der Waals surface area contributed by atoms with Gasteiger partial charge >= 0.3 is 0 Å². The maximum absolute atomic E-state index is 13.8. The molecule has 0 fully saturated rings. The molecule has 0 radical (unpaired) electrons. The largest absolute Gasteiger partial charge is 0.456 e. The van der Waals surface area contributed by atoms with Gasteiger partial charge in [-0.3, -0.25) is 4.98 Å². The van der Waals surface area contributed by atoms with Crippen LogP contribution in [0.5, 0.6) is 11.5 Å². The smallest absolute Gasteiger partial charge is 0.145 e. The quantitative estimate of drug-likeness (QED) is 0.639. The van der Waals surface area contributed by atoms with Crippen molar-refractivity contribution in [3.8, 4) is 23.3 Å². The van der Waals surface area contributed by atoms with Gasteiger partial charge in [0.15, 0.2) is 0 Å². The lowest BCUT2D eigenvalue weighted by Crippen LogP contribution is -1.88. The minimum absolute atomic E-state index is 0.388. The van der Waals surface area contributed by atoms with Crippen molar-refractivity contribution in [2.45, 2.75) is 6.92 Å². The minimum Gasteiger partial charge on any atom is -0.456 e. The highest BCUT2D eigenvalue weighted by Crippen LogP contribution is 2.22. The van der Waals surface area contributed by atoms with Crippen LogP contribution in [0.25, 0.3) is 0 Å². The third-order valence-electron chi connectivity index (χ3n) is 3.23. The number of nitrogens with zero attached hydrogens (tertiary/aromatic N) is 1. The highest BCUT2D eigenvalue weighted by atomic mass is 19.1. The Hall–Kier alpha value is -3.12. The predicted octanol–water partition coefficient (Wildman–Crippen LogP) is 4.72. The summed E-state index contributed by atoms with van der Waals surface area (Å²) in [6.07, 6.45) is 3.22. The molecule has 0 unspecified atom stereocenters. The first-order chi connectivity index (χ1) is 11.2. The monoisotopic (exact) mass is 303 g/mol. The van der Waals surface area contributed by atoms with Gasteiger partial charge in [-0.25, -0.2) is 4.39 Å². The Balaban J connectivity index is 1.88. The molecular weight excluding hydrogens is 289 g/mol. The van der Waals surface area contributed by atoms with Crippen molar-refractivity contribution < 1.29 is 9.13 Å². The zero-order valence-corrected chi connectivity index (χ0v) is 12.6. The van der Waals surface area contributed by atoms with E-state index in [1.165, 1.54) is 12.1 Å². The number of ether oxygens (including phenoxy) is 1. The van der Waals surface area contributed by atoms with Crippen LogP contribution in [0.3, 0.4) is 0 Å². The Labute approximate surface area is 134 Å². The maximum atomic E-state index is 13.8. The normalized spacial score (nSPS) is 9.83. The summed E-state index contributed by atoms with van der Waals surface area (Å²) in [4.78, 5) is 3.96. The zero-order chi connectivity index (χ0) is 16.1. The molecule has 1 aromatic heterocycles. The predicted molar refractivity (Wildman–Crippen MR) is 87.9 cm³/mol. The molecule has 0 bridgehead atoms. The maximum Gasteiger partial charge on any atom is 0.145 e. The molecular formula is C20H14FNO. The molecule has 0 aliphatic carbocycles. The highest BCUT2D eigenvalue weighted by molar-refractivity contribution is 5.48. The zero-order valence-electron chi connectivity index (χ0n) is 12.6. The first kappa shape index (κ1) is 14.8. The molecule has 3 aromatic rings. The standard InChI is InChI=1S/C20H14FNO/c1-15-5-2-3-6-17(15)9-8-16-11-18(21)13-20(12-16)23-19-7-4-10-22-14-19/h2-7,10-14H,1H3. The van der Waals surface area contributed by atoms with Crippen molar-refractivity contribution in [3.05, 3.63) is 89.5 Å². The van der Waals surface area contributed by atoms with Crippen LogP contribution in [-0.4, -0.2) is 4.98 Å². The summed E-state index contributed by atoms with van der Waals surface area (Å²) >= 11 is 0. The van der Waals surface area contributed by atoms with Crippen molar-refractivity contribution in [3.63, 3.8) is 0 Å². The van der Waals surface area contributed by atoms with Crippen LogP contribution in [0, 0.1) is 24.6 Å². The number of hydrogen-bond acceptors (Lipinski definition) is 2. The molecule has 0 saturated carbocycles. The minimum atomic E-state index is -0.388. The third kappa shape index (κ3) is 3.96. The summed E-state index contributed by atoms with van der Waals surface area (Å²) in [5, 5.41) is 0. The molecule has 0 aliphatic heterocycles. The Morgan fingerprint density at radius 1 is 0.957 bits per heavy atom. The van der Waals surface area contributed by atoms with Crippen molar-refractivity contribution >= 4 is 0 Å². The number of aromatic nitrogens is 1. The molecule has 23 heavy (non-hydrogen) atoms. The summed E-state index contributed by atoms with van der Waals surface area (Å²) in [5.74, 6) is 6.60. The highest BCUT2D eigenvalue weighted by Gasteiger charge is 2.02. The van der Waals surface area contributed by atoms with Crippen molar-refractivity contribution in [2.75, 3.05) is 0 Å². The second-order valence-electron chi connectivity index (χ2n) is 5.03. The summed E-state index contributed by atoms with van der Waals surface area (Å²) in [5.41, 5.74) is 2.57. The molecule has 3 heteroatoms. The number of halogens is 1. The second kappa shape index (κ2) is 6.76. The lowest BCUT2D eigenvalue weighted by Gasteiger charge is -2.05. The topological polar surface area (TPSA) is 22.1 Å². The van der Waals surface area contributed by atoms with E-state index in [9.17, 15) is 4.39 Å². The number of aryl methyl sites for hydroxylation is 1. The molecule has 0 spiro atoms. The summed E-state index contributed by atoms with van der Waals surface area (Å²) in [7, 11) is 0. The van der Waals surface area contributed by atoms with E-state index in [0.29, 0.717) is 17.1 Å². The molecule has 2 nitrogen and oxygen atoms in total. The van der Waals surface area contributed by atoms with Crippen LogP contribution in [0.2, 0.25) is 0 Å². The van der Waals surface area contributed by atoms with Gasteiger partial charge in [-0.15, -0.1) is 0 Å². The molecule has 0 amide bonds. The fraction of sp³-hybridized carbons (Fsp3) is 0.0500. The third-order valence-corrected chi connectivity index (χ3v) is 3.23. The van der Waals surface area contributed by atoms with Gasteiger partial charge in [0.2, 0.25) is 0 Å². The van der Waals surface area contributed by atoms with Gasteiger partial charge in [0, 0.05) is 23.4 Å². The fourth-order valence-corrected chi connectivity index (χ4v) is 2.09. The van der Waals surface area contributed by atoms with Crippen LogP contribution in [0.15, 0.2) is 67.0 Å². The molecule has 112 valence electrons. The van der Waals surface area contributed by atoms with Crippen LogP contribution in [-0.2, 0) is 0 Å². The Morgan fingerprint density at radius 2 is 1.83 bits per heavy atom. The van der Waals surface area contributed by atoms with Gasteiger partial charge in [-0.2, -0.15) is 0 Å². The summed E-state index contributed by atoms with van der Waals surface area (Å²) in [6.45, 7) is 1.99. The number of hydrogen-bond donors (Lipinski definition) is 0. The van der Waals surface area contributed by atoms with Crippen LogP contribution in [0.4, 0.5) is 4.39 Å². The van der Waals surface area contributed by atoms with E-state index in [1.54, 1.807) is 30.6 Å². The average molecular weight is 303 g/mol. The van der Waals surface area contributed by atoms with Gasteiger partial charge in [0.05, 0.1) is 6.20 Å². The SMILES string of the molecule is Cc1ccccc1C#Cc1cc(F)cc(Oc2cccnc2)c1. The van der Waals surface area contributed by atoms with E-state index in [0.717, 1.165) is 11.1 Å². The first-order valence-electron chi connectivity index (χ1n) is 7.17. The lowest BCUT2D eigenvalue weighted by atomic mass is 10.1. The Kier molecular flexibility index (Phi) is 4.35. The molecule has 3 rings (SSSR count). The summed E-state index contributed by atoms with van der Waals surface area (Å²) in [6, 6.07) is 15.8. The molecule has 0 saturated heterocycles. The van der Waals surface area contributed by atoms with Crippen molar-refractivity contribution in [1.29, 1.82) is 0 Å². The first-order valence-corrected chi connectivity index (χ1v) is 7.17. The average Bonchev–Trinajstić information content (AvgIpc) is 2.54. The van der Waals surface area contributed by atoms with Crippen LogP contribution >= 0.6 is 0 Å². The van der Waals surface area contributed by atoms with Gasteiger partial charge < -0.3 is 4.74 Å². The van der Waals surface area contributed by atoms with Gasteiger partial charge in [0.25, 0.3) is 0 Å². The molecule has 0 atom stereocenters. The molecule has 0 aliphatic rings. The second-order valence-corrected chi connectivity index (χ2v) is 5.03. The van der Waals surface area contributed by atoms with Crippen LogP contribution < -0.4 is 4.74 Å². The molecule has 0 N–H and O–H groups in total. The Morgan fingerprint density at radius 3 is 2.61 bits per heavy atom. The van der Waals surface area contributed by atoms with E-state index in [-0.39, 0.29) is 5.82 Å². The molecule has 1 heterocycles. The van der Waals surface area contributed by atoms with E-state index in [1.807, 2.05) is 31.2 Å². The lowest BCUT2D eigenvalue weighted by molar-refractivity contribution is 0.474. The van der Waals surface area contributed by atoms with E-state index >= 15 is 0 Å². The molecule has 2 aromatic carbocycles. The number of pyridine rings is 1. The number of benzene rings is 2. The van der Waals surface area contributed by atoms with Crippen molar-refractivity contribution in [2.24, 2.45) is 0 Å². The van der Waals surface area contributed by atoms with Gasteiger partial charge in [-0.05, 0) is 42.8 Å². The van der Waals surface area contributed by atoms with Gasteiger partial charge in [-0.1, -0.05) is 30.0 Å². The summed E-state index contributed by atoms with van der Waals surface area (Å²) < 4.78 is 19.4. The van der Waals surface area contributed by atoms with E-state index in [2.05, 4.69) is 16.8 Å². The number of rotatable bonds is 2. The van der Waals surface area contributed by atoms with E-state index < -0.39 is 0 Å². The van der Waals surface area contributed by atoms with E-state index in [4.69, 9.17) is 4.74 Å². The van der Waals surface area contributed by atoms with Gasteiger partial charge in [0.1, 0.15) is 17.3 Å². The van der Waals surface area contributed by atoms with Crippen molar-refractivity contribution in [1.82, 2.24) is 4.98 Å². The van der Waals surface area contributed by atoms with Crippen LogP contribution in [0.1, 0.15) is 16.7 Å².